The number of carbonyl (C=O) groups excluding carboxylic acids is 1. The molecule has 1 aromatic heterocycles. The van der Waals surface area contributed by atoms with Gasteiger partial charge in [0.2, 0.25) is 5.91 Å². The van der Waals surface area contributed by atoms with Crippen LogP contribution >= 0.6 is 0 Å². The summed E-state index contributed by atoms with van der Waals surface area (Å²) < 4.78 is 6.70. The predicted octanol–water partition coefficient (Wildman–Crippen LogP) is 1.44. The van der Waals surface area contributed by atoms with Gasteiger partial charge in [0.15, 0.2) is 0 Å². The van der Waals surface area contributed by atoms with Gasteiger partial charge < -0.3 is 10.1 Å². The zero-order chi connectivity index (χ0) is 16.7. The van der Waals surface area contributed by atoms with E-state index in [4.69, 9.17) is 4.74 Å². The van der Waals surface area contributed by atoms with E-state index in [1.807, 2.05) is 13.8 Å². The number of fused-ring (bicyclic) bond motifs is 1. The highest BCUT2D eigenvalue weighted by atomic mass is 16.5. The lowest BCUT2D eigenvalue weighted by atomic mass is 10.1. The highest BCUT2D eigenvalue weighted by Crippen LogP contribution is 2.16. The molecule has 23 heavy (non-hydrogen) atoms. The van der Waals surface area contributed by atoms with Crippen LogP contribution in [0.5, 0.6) is 0 Å². The van der Waals surface area contributed by atoms with Gasteiger partial charge in [0, 0.05) is 19.2 Å². The summed E-state index contributed by atoms with van der Waals surface area (Å²) in [4.78, 5) is 24.0. The van der Waals surface area contributed by atoms with E-state index >= 15 is 0 Å². The molecule has 6 nitrogen and oxygen atoms in total. The molecule has 1 heterocycles. The van der Waals surface area contributed by atoms with Crippen molar-refractivity contribution in [2.45, 2.75) is 65.0 Å². The standard InChI is InChI=1S/C17H27N3O3/c1-13(2)23-10-6-9-18-16(21)12-20-17(22)11-14-7-4-3-5-8-15(14)19-20/h11,13H,3-10,12H2,1-2H3,(H,18,21). The van der Waals surface area contributed by atoms with Crippen LogP contribution in [0.25, 0.3) is 0 Å². The molecule has 1 aliphatic carbocycles. The summed E-state index contributed by atoms with van der Waals surface area (Å²) in [5.41, 5.74) is 1.83. The van der Waals surface area contributed by atoms with Gasteiger partial charge in [-0.3, -0.25) is 9.59 Å². The fourth-order valence-electron chi connectivity index (χ4n) is 2.70. The monoisotopic (exact) mass is 321 g/mol. The Balaban J connectivity index is 1.86. The van der Waals surface area contributed by atoms with Gasteiger partial charge >= 0.3 is 0 Å². The van der Waals surface area contributed by atoms with Crippen LogP contribution in [0.3, 0.4) is 0 Å². The van der Waals surface area contributed by atoms with Crippen LogP contribution < -0.4 is 10.9 Å². The fraction of sp³-hybridized carbons (Fsp3) is 0.706. The molecule has 0 unspecified atom stereocenters. The zero-order valence-electron chi connectivity index (χ0n) is 14.1. The number of amides is 1. The molecule has 0 aliphatic heterocycles. The number of ether oxygens (including phenoxy) is 1. The number of aromatic nitrogens is 2. The van der Waals surface area contributed by atoms with Crippen molar-refractivity contribution in [3.05, 3.63) is 27.7 Å². The Hall–Kier alpha value is -1.69. The summed E-state index contributed by atoms with van der Waals surface area (Å²) >= 11 is 0. The van der Waals surface area contributed by atoms with E-state index in [0.717, 1.165) is 43.4 Å². The van der Waals surface area contributed by atoms with E-state index in [9.17, 15) is 9.59 Å². The molecule has 0 radical (unpaired) electrons. The lowest BCUT2D eigenvalue weighted by Crippen LogP contribution is -2.35. The molecule has 1 amide bonds. The van der Waals surface area contributed by atoms with Gasteiger partial charge in [-0.2, -0.15) is 5.10 Å². The number of hydrogen-bond acceptors (Lipinski definition) is 4. The van der Waals surface area contributed by atoms with Crippen molar-refractivity contribution < 1.29 is 9.53 Å². The van der Waals surface area contributed by atoms with E-state index in [-0.39, 0.29) is 24.1 Å². The second-order valence-electron chi connectivity index (χ2n) is 6.30. The summed E-state index contributed by atoms with van der Waals surface area (Å²) in [6.07, 6.45) is 6.15. The first-order valence-electron chi connectivity index (χ1n) is 8.54. The number of nitrogens with one attached hydrogen (secondary N) is 1. The van der Waals surface area contributed by atoms with E-state index < -0.39 is 0 Å². The average Bonchev–Trinajstić information content (AvgIpc) is 2.72. The molecule has 6 heteroatoms. The number of aryl methyl sites for hydroxylation is 2. The summed E-state index contributed by atoms with van der Waals surface area (Å²) in [6.45, 7) is 5.11. The Bertz CT molecular complexity index is 581. The third kappa shape index (κ3) is 5.78. The summed E-state index contributed by atoms with van der Waals surface area (Å²) in [5.74, 6) is -0.183. The van der Waals surface area contributed by atoms with Crippen molar-refractivity contribution in [1.82, 2.24) is 15.1 Å². The summed E-state index contributed by atoms with van der Waals surface area (Å²) in [7, 11) is 0. The van der Waals surface area contributed by atoms with Gasteiger partial charge in [-0.25, -0.2) is 4.68 Å². The minimum atomic E-state index is -0.191. The molecule has 1 aromatic rings. The Morgan fingerprint density at radius 1 is 1.35 bits per heavy atom. The normalized spacial score (nSPS) is 14.4. The second-order valence-corrected chi connectivity index (χ2v) is 6.30. The largest absolute Gasteiger partial charge is 0.379 e. The Morgan fingerprint density at radius 2 is 2.13 bits per heavy atom. The average molecular weight is 321 g/mol. The maximum absolute atomic E-state index is 12.1. The maximum Gasteiger partial charge on any atom is 0.267 e. The van der Waals surface area contributed by atoms with Crippen LogP contribution in [0.1, 0.15) is 50.8 Å². The molecule has 0 atom stereocenters. The Kier molecular flexibility index (Phi) is 6.77. The lowest BCUT2D eigenvalue weighted by molar-refractivity contribution is -0.121. The van der Waals surface area contributed by atoms with Crippen LogP contribution in [0.2, 0.25) is 0 Å². The van der Waals surface area contributed by atoms with Gasteiger partial charge in [0.25, 0.3) is 5.56 Å². The topological polar surface area (TPSA) is 73.2 Å². The maximum atomic E-state index is 12.1. The Morgan fingerprint density at radius 3 is 2.91 bits per heavy atom. The quantitative estimate of drug-likeness (QED) is 0.609. The number of hydrogen-bond donors (Lipinski definition) is 1. The third-order valence-electron chi connectivity index (χ3n) is 3.91. The van der Waals surface area contributed by atoms with Crippen molar-refractivity contribution in [3.8, 4) is 0 Å². The fourth-order valence-corrected chi connectivity index (χ4v) is 2.70. The summed E-state index contributed by atoms with van der Waals surface area (Å²) in [5, 5.41) is 7.20. The molecule has 1 N–H and O–H groups in total. The second kappa shape index (κ2) is 8.82. The molecule has 0 fully saturated rings. The molecule has 0 spiro atoms. The number of nitrogens with zero attached hydrogens (tertiary/aromatic N) is 2. The van der Waals surface area contributed by atoms with E-state index in [1.54, 1.807) is 6.07 Å². The lowest BCUT2D eigenvalue weighted by Gasteiger charge is -2.11. The smallest absolute Gasteiger partial charge is 0.267 e. The molecule has 0 aromatic carbocycles. The molecule has 0 saturated carbocycles. The van der Waals surface area contributed by atoms with Gasteiger partial charge in [0.1, 0.15) is 6.54 Å². The van der Waals surface area contributed by atoms with Gasteiger partial charge in [0.05, 0.1) is 11.8 Å². The zero-order valence-corrected chi connectivity index (χ0v) is 14.1. The van der Waals surface area contributed by atoms with Crippen molar-refractivity contribution in [2.24, 2.45) is 0 Å². The Labute approximate surface area is 137 Å². The minimum Gasteiger partial charge on any atom is -0.379 e. The van der Waals surface area contributed by atoms with Crippen LogP contribution in [0, 0.1) is 0 Å². The van der Waals surface area contributed by atoms with E-state index in [0.29, 0.717) is 13.2 Å². The third-order valence-corrected chi connectivity index (χ3v) is 3.91. The van der Waals surface area contributed by atoms with Crippen LogP contribution in [-0.4, -0.2) is 34.9 Å². The first kappa shape index (κ1) is 17.7. The number of carbonyl (C=O) groups is 1. The van der Waals surface area contributed by atoms with Crippen LogP contribution in [-0.2, 0) is 28.9 Å². The van der Waals surface area contributed by atoms with Gasteiger partial charge in [-0.15, -0.1) is 0 Å². The molecular formula is C17H27N3O3. The number of rotatable bonds is 7. The first-order valence-corrected chi connectivity index (χ1v) is 8.54. The molecular weight excluding hydrogens is 294 g/mol. The SMILES string of the molecule is CC(C)OCCCNC(=O)Cn1nc2c(cc1=O)CCCCC2. The molecule has 128 valence electrons. The van der Waals surface area contributed by atoms with Crippen molar-refractivity contribution in [3.63, 3.8) is 0 Å². The van der Waals surface area contributed by atoms with Crippen molar-refractivity contribution >= 4 is 5.91 Å². The summed E-state index contributed by atoms with van der Waals surface area (Å²) in [6, 6.07) is 1.65. The van der Waals surface area contributed by atoms with Crippen LogP contribution in [0.15, 0.2) is 10.9 Å². The van der Waals surface area contributed by atoms with Crippen molar-refractivity contribution in [2.75, 3.05) is 13.2 Å². The molecule has 0 saturated heterocycles. The van der Waals surface area contributed by atoms with Gasteiger partial charge in [-0.1, -0.05) is 6.42 Å². The van der Waals surface area contributed by atoms with Crippen molar-refractivity contribution in [1.29, 1.82) is 0 Å². The first-order chi connectivity index (χ1) is 11.1. The predicted molar refractivity (Wildman–Crippen MR) is 88.5 cm³/mol. The van der Waals surface area contributed by atoms with Gasteiger partial charge in [-0.05, 0) is 51.5 Å². The van der Waals surface area contributed by atoms with E-state index in [1.165, 1.54) is 11.1 Å². The highest BCUT2D eigenvalue weighted by molar-refractivity contribution is 5.75. The van der Waals surface area contributed by atoms with Crippen LogP contribution in [0.4, 0.5) is 0 Å². The highest BCUT2D eigenvalue weighted by Gasteiger charge is 2.13. The molecule has 2 rings (SSSR count). The van der Waals surface area contributed by atoms with E-state index in [2.05, 4.69) is 10.4 Å². The minimum absolute atomic E-state index is 0.0167. The molecule has 0 bridgehead atoms. The molecule has 1 aliphatic rings.